The summed E-state index contributed by atoms with van der Waals surface area (Å²) in [7, 11) is 0. The maximum absolute atomic E-state index is 9.57. The van der Waals surface area contributed by atoms with Crippen molar-refractivity contribution in [2.45, 2.75) is 51.6 Å². The van der Waals surface area contributed by atoms with Gasteiger partial charge in [0.15, 0.2) is 0 Å². The van der Waals surface area contributed by atoms with Crippen LogP contribution in [-0.2, 0) is 18.3 Å². The van der Waals surface area contributed by atoms with Gasteiger partial charge in [0.05, 0.1) is 6.10 Å². The van der Waals surface area contributed by atoms with Crippen LogP contribution in [0.5, 0.6) is 0 Å². The van der Waals surface area contributed by atoms with Gasteiger partial charge in [-0.25, -0.2) is 0 Å². The summed E-state index contributed by atoms with van der Waals surface area (Å²) in [5, 5.41) is 9.57. The first-order valence-electron chi connectivity index (χ1n) is 5.27. The van der Waals surface area contributed by atoms with E-state index >= 15 is 0 Å². The van der Waals surface area contributed by atoms with E-state index < -0.39 is 0 Å². The molecule has 0 bridgehead atoms. The fourth-order valence-corrected chi connectivity index (χ4v) is 3.14. The highest BCUT2D eigenvalue weighted by atomic mass is 32.1. The second kappa shape index (κ2) is 3.35. The fraction of sp³-hybridized carbons (Fsp3) is 0.667. The van der Waals surface area contributed by atoms with E-state index in [9.17, 15) is 5.11 Å². The zero-order chi connectivity index (χ0) is 10.3. The smallest absolute Gasteiger partial charge is 0.0584 e. The highest BCUT2D eigenvalue weighted by molar-refractivity contribution is 7.12. The molecule has 0 fully saturated rings. The molecular formula is C12H18OS. The highest BCUT2D eigenvalue weighted by Gasteiger charge is 2.23. The Balaban J connectivity index is 2.32. The molecular weight excluding hydrogens is 192 g/mol. The average Bonchev–Trinajstić information content (AvgIpc) is 2.45. The van der Waals surface area contributed by atoms with Crippen LogP contribution in [0.4, 0.5) is 0 Å². The Labute approximate surface area is 89.8 Å². The Morgan fingerprint density at radius 3 is 2.79 bits per heavy atom. The molecule has 1 aliphatic carbocycles. The van der Waals surface area contributed by atoms with Crippen molar-refractivity contribution in [1.29, 1.82) is 0 Å². The number of aryl methyl sites for hydroxylation is 1. The van der Waals surface area contributed by atoms with Gasteiger partial charge in [0, 0.05) is 9.75 Å². The summed E-state index contributed by atoms with van der Waals surface area (Å²) < 4.78 is 0. The van der Waals surface area contributed by atoms with Crippen LogP contribution in [0.1, 0.15) is 42.5 Å². The van der Waals surface area contributed by atoms with Crippen molar-refractivity contribution in [3.8, 4) is 0 Å². The van der Waals surface area contributed by atoms with E-state index in [-0.39, 0.29) is 11.5 Å². The summed E-state index contributed by atoms with van der Waals surface area (Å²) in [6, 6.07) is 2.29. The van der Waals surface area contributed by atoms with Crippen LogP contribution in [-0.4, -0.2) is 11.2 Å². The maximum atomic E-state index is 9.57. The Bertz CT molecular complexity index is 333. The number of hydrogen-bond acceptors (Lipinski definition) is 2. The number of hydrogen-bond donors (Lipinski definition) is 1. The zero-order valence-electron chi connectivity index (χ0n) is 9.13. The van der Waals surface area contributed by atoms with E-state index in [2.05, 4.69) is 26.8 Å². The van der Waals surface area contributed by atoms with Crippen molar-refractivity contribution in [2.75, 3.05) is 0 Å². The van der Waals surface area contributed by atoms with E-state index in [4.69, 9.17) is 0 Å². The molecule has 0 saturated heterocycles. The van der Waals surface area contributed by atoms with Crippen LogP contribution in [0.2, 0.25) is 0 Å². The molecule has 1 heterocycles. The lowest BCUT2D eigenvalue weighted by Gasteiger charge is -2.16. The first-order valence-corrected chi connectivity index (χ1v) is 6.08. The van der Waals surface area contributed by atoms with Crippen molar-refractivity contribution < 1.29 is 5.11 Å². The Hall–Kier alpha value is -0.340. The summed E-state index contributed by atoms with van der Waals surface area (Å²) in [5.41, 5.74) is 1.64. The molecule has 1 nitrogen and oxygen atoms in total. The van der Waals surface area contributed by atoms with Gasteiger partial charge in [0.2, 0.25) is 0 Å². The predicted molar refractivity (Wildman–Crippen MR) is 61.1 cm³/mol. The first kappa shape index (κ1) is 10.2. The quantitative estimate of drug-likeness (QED) is 0.698. The molecule has 1 aliphatic rings. The Morgan fingerprint density at radius 2 is 2.14 bits per heavy atom. The molecule has 0 aromatic carbocycles. The van der Waals surface area contributed by atoms with Crippen molar-refractivity contribution in [2.24, 2.45) is 0 Å². The third-order valence-corrected chi connectivity index (χ3v) is 4.46. The number of rotatable bonds is 0. The standard InChI is InChI=1S/C12H18OS/c1-12(2,3)11-7-8-6-9(13)4-5-10(8)14-11/h7,9,13H,4-6H2,1-3H3. The van der Waals surface area contributed by atoms with E-state index in [1.54, 1.807) is 0 Å². The van der Waals surface area contributed by atoms with Gasteiger partial charge in [-0.2, -0.15) is 0 Å². The second-order valence-corrected chi connectivity index (χ2v) is 6.34. The van der Waals surface area contributed by atoms with Crippen LogP contribution in [0, 0.1) is 0 Å². The van der Waals surface area contributed by atoms with E-state index in [1.807, 2.05) is 11.3 Å². The van der Waals surface area contributed by atoms with Crippen LogP contribution in [0.15, 0.2) is 6.07 Å². The molecule has 2 rings (SSSR count). The third kappa shape index (κ3) is 1.86. The maximum Gasteiger partial charge on any atom is 0.0584 e. The minimum atomic E-state index is -0.107. The molecule has 1 aromatic heterocycles. The van der Waals surface area contributed by atoms with Gasteiger partial charge in [0.1, 0.15) is 0 Å². The summed E-state index contributed by atoms with van der Waals surface area (Å²) in [5.74, 6) is 0. The molecule has 0 radical (unpaired) electrons. The van der Waals surface area contributed by atoms with E-state index in [1.165, 1.54) is 15.3 Å². The molecule has 78 valence electrons. The second-order valence-electron chi connectivity index (χ2n) is 5.21. The van der Waals surface area contributed by atoms with E-state index in [0.717, 1.165) is 19.3 Å². The Morgan fingerprint density at radius 1 is 1.43 bits per heavy atom. The molecule has 0 saturated carbocycles. The minimum absolute atomic E-state index is 0.107. The normalized spacial score (nSPS) is 22.1. The number of fused-ring (bicyclic) bond motifs is 1. The molecule has 2 heteroatoms. The molecule has 0 spiro atoms. The van der Waals surface area contributed by atoms with E-state index in [0.29, 0.717) is 0 Å². The molecule has 1 aromatic rings. The molecule has 1 unspecified atom stereocenters. The number of aliphatic hydroxyl groups is 1. The summed E-state index contributed by atoms with van der Waals surface area (Å²) >= 11 is 1.93. The first-order chi connectivity index (χ1) is 6.47. The number of aliphatic hydroxyl groups excluding tert-OH is 1. The SMILES string of the molecule is CC(C)(C)c1cc2c(s1)CCC(O)C2. The zero-order valence-corrected chi connectivity index (χ0v) is 9.95. The lowest BCUT2D eigenvalue weighted by atomic mass is 9.91. The third-order valence-electron chi connectivity index (χ3n) is 2.80. The average molecular weight is 210 g/mol. The van der Waals surface area contributed by atoms with Crippen LogP contribution >= 0.6 is 11.3 Å². The summed E-state index contributed by atoms with van der Waals surface area (Å²) in [4.78, 5) is 2.96. The lowest BCUT2D eigenvalue weighted by Crippen LogP contribution is -2.16. The van der Waals surface area contributed by atoms with Gasteiger partial charge < -0.3 is 5.11 Å². The van der Waals surface area contributed by atoms with Gasteiger partial charge in [-0.05, 0) is 36.3 Å². The van der Waals surface area contributed by atoms with Gasteiger partial charge in [-0.15, -0.1) is 11.3 Å². The van der Waals surface area contributed by atoms with Crippen molar-refractivity contribution in [3.05, 3.63) is 21.4 Å². The van der Waals surface area contributed by atoms with Gasteiger partial charge in [0.25, 0.3) is 0 Å². The van der Waals surface area contributed by atoms with Crippen molar-refractivity contribution in [1.82, 2.24) is 0 Å². The molecule has 0 aliphatic heterocycles. The number of thiophene rings is 1. The van der Waals surface area contributed by atoms with Crippen LogP contribution in [0.3, 0.4) is 0 Å². The van der Waals surface area contributed by atoms with Crippen molar-refractivity contribution >= 4 is 11.3 Å². The van der Waals surface area contributed by atoms with Crippen LogP contribution in [0.25, 0.3) is 0 Å². The van der Waals surface area contributed by atoms with Gasteiger partial charge in [-0.3, -0.25) is 0 Å². The van der Waals surface area contributed by atoms with Crippen LogP contribution < -0.4 is 0 Å². The fourth-order valence-electron chi connectivity index (χ4n) is 1.87. The minimum Gasteiger partial charge on any atom is -0.393 e. The summed E-state index contributed by atoms with van der Waals surface area (Å²) in [6.07, 6.45) is 2.76. The molecule has 1 atom stereocenters. The monoisotopic (exact) mass is 210 g/mol. The van der Waals surface area contributed by atoms with Gasteiger partial charge in [-0.1, -0.05) is 20.8 Å². The molecule has 0 amide bonds. The largest absolute Gasteiger partial charge is 0.393 e. The topological polar surface area (TPSA) is 20.2 Å². The predicted octanol–water partition coefficient (Wildman–Crippen LogP) is 2.90. The summed E-state index contributed by atoms with van der Waals surface area (Å²) in [6.45, 7) is 6.75. The Kier molecular flexibility index (Phi) is 2.44. The molecule has 1 N–H and O–H groups in total. The lowest BCUT2D eigenvalue weighted by molar-refractivity contribution is 0.159. The molecule has 14 heavy (non-hydrogen) atoms. The van der Waals surface area contributed by atoms with Crippen molar-refractivity contribution in [3.63, 3.8) is 0 Å². The van der Waals surface area contributed by atoms with Gasteiger partial charge >= 0.3 is 0 Å². The highest BCUT2D eigenvalue weighted by Crippen LogP contribution is 2.36.